The van der Waals surface area contributed by atoms with Crippen molar-refractivity contribution in [1.82, 2.24) is 15.2 Å². The summed E-state index contributed by atoms with van der Waals surface area (Å²) < 4.78 is 0. The summed E-state index contributed by atoms with van der Waals surface area (Å²) in [5.74, 6) is 2.90. The van der Waals surface area contributed by atoms with Crippen LogP contribution in [0, 0.1) is 12.3 Å². The highest BCUT2D eigenvalue weighted by Crippen LogP contribution is 2.31. The second-order valence-electron chi connectivity index (χ2n) is 5.11. The molecule has 0 bridgehead atoms. The molecule has 122 valence electrons. The summed E-state index contributed by atoms with van der Waals surface area (Å²) >= 11 is 0. The molecule has 25 heavy (non-hydrogen) atoms. The van der Waals surface area contributed by atoms with Gasteiger partial charge in [0.15, 0.2) is 0 Å². The second-order valence-corrected chi connectivity index (χ2v) is 5.11. The Morgan fingerprint density at radius 2 is 2.16 bits per heavy atom. The highest BCUT2D eigenvalue weighted by atomic mass is 16.1. The molecule has 0 saturated heterocycles. The number of amides is 1. The average Bonchev–Trinajstić information content (AvgIpc) is 3.18. The van der Waals surface area contributed by atoms with Crippen molar-refractivity contribution in [2.24, 2.45) is 0 Å². The van der Waals surface area contributed by atoms with Crippen LogP contribution in [0.5, 0.6) is 0 Å². The largest absolute Gasteiger partial charge is 0.340 e. The van der Waals surface area contributed by atoms with Crippen molar-refractivity contribution in [3.63, 3.8) is 0 Å². The van der Waals surface area contributed by atoms with Gasteiger partial charge in [0, 0.05) is 34.9 Å². The van der Waals surface area contributed by atoms with Gasteiger partial charge >= 0.3 is 0 Å². The fraction of sp³-hybridized carbons (Fsp3) is 0. The molecule has 0 fully saturated rings. The zero-order valence-corrected chi connectivity index (χ0v) is 13.3. The summed E-state index contributed by atoms with van der Waals surface area (Å²) in [6, 6.07) is 10.9. The maximum absolute atomic E-state index is 11.5. The lowest BCUT2D eigenvalue weighted by Crippen LogP contribution is -2.07. The van der Waals surface area contributed by atoms with Gasteiger partial charge in [-0.2, -0.15) is 5.10 Å². The molecule has 3 aromatic rings. The number of pyridine rings is 1. The molecule has 2 heterocycles. The number of carbonyl (C=O) groups is 1. The molecule has 3 N–H and O–H groups in total. The van der Waals surface area contributed by atoms with Crippen LogP contribution < -0.4 is 10.6 Å². The Hall–Kier alpha value is -3.85. The van der Waals surface area contributed by atoms with Crippen LogP contribution >= 0.6 is 0 Å². The van der Waals surface area contributed by atoms with E-state index in [1.807, 2.05) is 24.3 Å². The third kappa shape index (κ3) is 3.74. The molecule has 0 atom stereocenters. The van der Waals surface area contributed by atoms with Crippen molar-refractivity contribution in [1.29, 1.82) is 0 Å². The van der Waals surface area contributed by atoms with Gasteiger partial charge in [0.2, 0.25) is 5.91 Å². The molecule has 0 saturated carbocycles. The highest BCUT2D eigenvalue weighted by molar-refractivity contribution is 5.99. The van der Waals surface area contributed by atoms with Gasteiger partial charge in [-0.3, -0.25) is 9.89 Å². The topological polar surface area (TPSA) is 82.7 Å². The van der Waals surface area contributed by atoms with Crippen molar-refractivity contribution >= 4 is 23.1 Å². The Balaban J connectivity index is 1.95. The molecule has 0 unspecified atom stereocenters. The maximum Gasteiger partial charge on any atom is 0.247 e. The number of terminal acetylenes is 1. The van der Waals surface area contributed by atoms with Crippen LogP contribution in [0.25, 0.3) is 11.3 Å². The van der Waals surface area contributed by atoms with Crippen molar-refractivity contribution in [2.45, 2.75) is 0 Å². The molecule has 0 radical (unpaired) electrons. The lowest BCUT2D eigenvalue weighted by Gasteiger charge is -2.12. The first-order valence-electron chi connectivity index (χ1n) is 7.47. The molecular weight excluding hydrogens is 314 g/mol. The summed E-state index contributed by atoms with van der Waals surface area (Å²) in [5.41, 5.74) is 3.69. The van der Waals surface area contributed by atoms with Crippen LogP contribution in [0.3, 0.4) is 0 Å². The lowest BCUT2D eigenvalue weighted by atomic mass is 10.1. The number of aromatic nitrogens is 3. The minimum absolute atomic E-state index is 0.278. The van der Waals surface area contributed by atoms with E-state index in [0.29, 0.717) is 17.1 Å². The van der Waals surface area contributed by atoms with Crippen molar-refractivity contribution < 1.29 is 4.79 Å². The number of carbonyl (C=O) groups excluding carboxylic acids is 1. The third-order valence-electron chi connectivity index (χ3n) is 3.44. The predicted molar refractivity (Wildman–Crippen MR) is 98.3 cm³/mol. The molecule has 1 aromatic carbocycles. The lowest BCUT2D eigenvalue weighted by molar-refractivity contribution is -0.111. The van der Waals surface area contributed by atoms with E-state index in [1.54, 1.807) is 24.5 Å². The first-order chi connectivity index (χ1) is 12.2. The maximum atomic E-state index is 11.5. The minimum atomic E-state index is -0.278. The van der Waals surface area contributed by atoms with E-state index >= 15 is 0 Å². The number of rotatable bonds is 5. The molecule has 0 spiro atoms. The Labute approximate surface area is 145 Å². The summed E-state index contributed by atoms with van der Waals surface area (Å²) in [6.07, 6.45) is 9.91. The molecule has 6 nitrogen and oxygen atoms in total. The van der Waals surface area contributed by atoms with Gasteiger partial charge in [-0.1, -0.05) is 12.5 Å². The standard InChI is InChI=1S/C19H15N5O/c1-3-13-5-8-18(20-12-13)23-16-7-6-14(22-19(25)4-2)11-15(16)17-9-10-21-24-17/h1,4-12H,2H2,(H,20,23)(H,21,24)(H,22,25). The molecular formula is C19H15N5O. The van der Waals surface area contributed by atoms with Crippen LogP contribution in [-0.4, -0.2) is 21.1 Å². The number of benzene rings is 1. The number of anilines is 3. The van der Waals surface area contributed by atoms with Crippen molar-refractivity contribution in [3.8, 4) is 23.6 Å². The van der Waals surface area contributed by atoms with Gasteiger partial charge in [0.25, 0.3) is 0 Å². The zero-order valence-electron chi connectivity index (χ0n) is 13.3. The number of nitrogens with one attached hydrogen (secondary N) is 3. The normalized spacial score (nSPS) is 9.88. The fourth-order valence-electron chi connectivity index (χ4n) is 2.24. The predicted octanol–water partition coefficient (Wildman–Crippen LogP) is 3.32. The number of nitrogens with zero attached hydrogens (tertiary/aromatic N) is 2. The first-order valence-corrected chi connectivity index (χ1v) is 7.47. The van der Waals surface area contributed by atoms with Gasteiger partial charge in [0.05, 0.1) is 5.69 Å². The SMILES string of the molecule is C#Cc1ccc(Nc2ccc(NC(=O)C=C)cc2-c2cc[nH]n2)nc1. The van der Waals surface area contributed by atoms with Crippen molar-refractivity contribution in [3.05, 3.63) is 67.0 Å². The van der Waals surface area contributed by atoms with Gasteiger partial charge in [-0.05, 0) is 42.5 Å². The van der Waals surface area contributed by atoms with E-state index in [2.05, 4.69) is 38.3 Å². The molecule has 0 aliphatic rings. The molecule has 0 aliphatic heterocycles. The second kappa shape index (κ2) is 7.15. The van der Waals surface area contributed by atoms with E-state index in [-0.39, 0.29) is 5.91 Å². The van der Waals surface area contributed by atoms with Crippen LogP contribution in [0.4, 0.5) is 17.2 Å². The quantitative estimate of drug-likeness (QED) is 0.495. The van der Waals surface area contributed by atoms with Crippen LogP contribution in [0.2, 0.25) is 0 Å². The molecule has 1 amide bonds. The van der Waals surface area contributed by atoms with Crippen LogP contribution in [-0.2, 0) is 4.79 Å². The molecule has 2 aromatic heterocycles. The van der Waals surface area contributed by atoms with Gasteiger partial charge in [-0.15, -0.1) is 6.42 Å². The van der Waals surface area contributed by atoms with E-state index in [9.17, 15) is 4.79 Å². The number of aromatic amines is 1. The van der Waals surface area contributed by atoms with E-state index in [0.717, 1.165) is 16.9 Å². The monoisotopic (exact) mass is 329 g/mol. The minimum Gasteiger partial charge on any atom is -0.340 e. The Morgan fingerprint density at radius 1 is 1.28 bits per heavy atom. The van der Waals surface area contributed by atoms with Crippen LogP contribution in [0.15, 0.2) is 61.4 Å². The van der Waals surface area contributed by atoms with E-state index in [4.69, 9.17) is 6.42 Å². The number of H-pyrrole nitrogens is 1. The van der Waals surface area contributed by atoms with Crippen LogP contribution in [0.1, 0.15) is 5.56 Å². The molecule has 0 aliphatic carbocycles. The highest BCUT2D eigenvalue weighted by Gasteiger charge is 2.10. The molecule has 6 heteroatoms. The summed E-state index contributed by atoms with van der Waals surface area (Å²) in [7, 11) is 0. The van der Waals surface area contributed by atoms with E-state index < -0.39 is 0 Å². The Bertz CT molecular complexity index is 937. The third-order valence-corrected chi connectivity index (χ3v) is 3.44. The number of hydrogen-bond acceptors (Lipinski definition) is 4. The van der Waals surface area contributed by atoms with E-state index in [1.165, 1.54) is 6.08 Å². The van der Waals surface area contributed by atoms with Gasteiger partial charge in [-0.25, -0.2) is 4.98 Å². The fourth-order valence-corrected chi connectivity index (χ4v) is 2.24. The summed E-state index contributed by atoms with van der Waals surface area (Å²) in [6.45, 7) is 3.45. The summed E-state index contributed by atoms with van der Waals surface area (Å²) in [5, 5.41) is 13.0. The smallest absolute Gasteiger partial charge is 0.247 e. The molecule has 3 rings (SSSR count). The Kier molecular flexibility index (Phi) is 4.58. The van der Waals surface area contributed by atoms with Gasteiger partial charge < -0.3 is 10.6 Å². The number of hydrogen-bond donors (Lipinski definition) is 3. The Morgan fingerprint density at radius 3 is 2.80 bits per heavy atom. The van der Waals surface area contributed by atoms with Crippen molar-refractivity contribution in [2.75, 3.05) is 10.6 Å². The summed E-state index contributed by atoms with van der Waals surface area (Å²) in [4.78, 5) is 15.8. The zero-order chi connectivity index (χ0) is 17.6. The van der Waals surface area contributed by atoms with Gasteiger partial charge in [0.1, 0.15) is 5.82 Å². The average molecular weight is 329 g/mol. The first kappa shape index (κ1) is 16.0.